The van der Waals surface area contributed by atoms with E-state index < -0.39 is 15.9 Å². The maximum absolute atomic E-state index is 12.6. The second kappa shape index (κ2) is 5.98. The minimum atomic E-state index is -4.10. The molecule has 0 unspecified atom stereocenters. The second-order valence-corrected chi connectivity index (χ2v) is 6.08. The lowest BCUT2D eigenvalue weighted by molar-refractivity contribution is -0.115. The van der Waals surface area contributed by atoms with Gasteiger partial charge in [0.05, 0.1) is 12.0 Å². The summed E-state index contributed by atoms with van der Waals surface area (Å²) in [6.07, 6.45) is 0. The minimum absolute atomic E-state index is 0.0745. The fourth-order valence-corrected chi connectivity index (χ4v) is 3.10. The van der Waals surface area contributed by atoms with Crippen molar-refractivity contribution in [3.05, 3.63) is 36.4 Å². The van der Waals surface area contributed by atoms with Gasteiger partial charge in [0.2, 0.25) is 11.8 Å². The van der Waals surface area contributed by atoms with E-state index in [1.54, 1.807) is 0 Å². The molecule has 0 aliphatic heterocycles. The number of benzene rings is 1. The summed E-state index contributed by atoms with van der Waals surface area (Å²) in [4.78, 5) is 11.7. The molecular weight excluding hydrogens is 308 g/mol. The Labute approximate surface area is 127 Å². The zero-order valence-corrected chi connectivity index (χ0v) is 12.7. The second-order valence-electron chi connectivity index (χ2n) is 4.29. The fourth-order valence-electron chi connectivity index (χ4n) is 1.73. The molecule has 0 saturated heterocycles. The number of sulfonamides is 1. The number of hydrogen-bond donors (Lipinski definition) is 1. The van der Waals surface area contributed by atoms with Crippen molar-refractivity contribution in [2.45, 2.75) is 11.8 Å². The number of rotatable bonds is 4. The summed E-state index contributed by atoms with van der Waals surface area (Å²) >= 11 is 0. The van der Waals surface area contributed by atoms with Gasteiger partial charge in [0.15, 0.2) is 5.82 Å². The van der Waals surface area contributed by atoms with Crippen LogP contribution in [0.15, 0.2) is 41.3 Å². The van der Waals surface area contributed by atoms with Crippen LogP contribution < -0.4 is 14.8 Å². The van der Waals surface area contributed by atoms with Gasteiger partial charge in [-0.05, 0) is 30.3 Å². The monoisotopic (exact) mass is 322 g/mol. The Bertz CT molecular complexity index is 773. The van der Waals surface area contributed by atoms with E-state index >= 15 is 0 Å². The van der Waals surface area contributed by atoms with Crippen molar-refractivity contribution < 1.29 is 17.9 Å². The normalized spacial score (nSPS) is 11.0. The smallest absolute Gasteiger partial charge is 0.272 e. The van der Waals surface area contributed by atoms with Crippen LogP contribution in [-0.2, 0) is 14.8 Å². The number of hydrogen-bond acceptors (Lipinski definition) is 7. The van der Waals surface area contributed by atoms with E-state index in [0.29, 0.717) is 9.99 Å². The van der Waals surface area contributed by atoms with Crippen LogP contribution in [0.3, 0.4) is 0 Å². The van der Waals surface area contributed by atoms with Crippen molar-refractivity contribution in [3.8, 4) is 5.88 Å². The largest absolute Gasteiger partial charge is 0.480 e. The van der Waals surface area contributed by atoms with Crippen LogP contribution in [0.4, 0.5) is 11.5 Å². The predicted molar refractivity (Wildman–Crippen MR) is 79.8 cm³/mol. The van der Waals surface area contributed by atoms with E-state index in [9.17, 15) is 13.2 Å². The topological polar surface area (TPSA) is 115 Å². The van der Waals surface area contributed by atoms with Gasteiger partial charge >= 0.3 is 0 Å². The lowest BCUT2D eigenvalue weighted by atomic mass is 10.3. The quantitative estimate of drug-likeness (QED) is 0.828. The zero-order chi connectivity index (χ0) is 16.3. The molecule has 1 aromatic carbocycles. The van der Waals surface area contributed by atoms with Gasteiger partial charge in [-0.1, -0.05) is 0 Å². The number of amides is 1. The Morgan fingerprint density at radius 1 is 1.14 bits per heavy atom. The molecule has 22 heavy (non-hydrogen) atoms. The zero-order valence-electron chi connectivity index (χ0n) is 11.9. The molecule has 2 rings (SSSR count). The number of nitrogens with two attached hydrogens (primary N) is 1. The molecule has 2 aromatic rings. The lowest BCUT2D eigenvalue weighted by Crippen LogP contribution is -2.36. The van der Waals surface area contributed by atoms with Gasteiger partial charge in [-0.25, -0.2) is 8.42 Å². The molecule has 0 spiro atoms. The highest BCUT2D eigenvalue weighted by Crippen LogP contribution is 2.23. The Hall–Kier alpha value is -2.68. The molecule has 0 fully saturated rings. The molecule has 2 N–H and O–H groups in total. The van der Waals surface area contributed by atoms with Crippen LogP contribution in [0.2, 0.25) is 0 Å². The van der Waals surface area contributed by atoms with Crippen molar-refractivity contribution in [1.29, 1.82) is 0 Å². The maximum Gasteiger partial charge on any atom is 0.272 e. The SMILES string of the molecule is COc1ccc(N(C(C)=O)S(=O)(=O)c2ccc(N)cc2)nn1. The van der Waals surface area contributed by atoms with E-state index in [0.717, 1.165) is 6.92 Å². The molecule has 1 heterocycles. The van der Waals surface area contributed by atoms with Crippen molar-refractivity contribution in [2.75, 3.05) is 17.1 Å². The Kier molecular flexibility index (Phi) is 4.27. The number of nitrogen functional groups attached to an aromatic ring is 1. The van der Waals surface area contributed by atoms with Gasteiger partial charge in [0, 0.05) is 18.7 Å². The Balaban J connectivity index is 2.50. The summed E-state index contributed by atoms with van der Waals surface area (Å²) < 4.78 is 30.6. The van der Waals surface area contributed by atoms with E-state index in [1.165, 1.54) is 43.5 Å². The predicted octanol–water partition coefficient (Wildman–Crippen LogP) is 0.809. The molecule has 1 aromatic heterocycles. The molecular formula is C13H14N4O4S. The van der Waals surface area contributed by atoms with Gasteiger partial charge in [-0.2, -0.15) is 4.31 Å². The summed E-state index contributed by atoms with van der Waals surface area (Å²) in [6, 6.07) is 8.25. The summed E-state index contributed by atoms with van der Waals surface area (Å²) in [5, 5.41) is 7.38. The number of anilines is 2. The first-order valence-electron chi connectivity index (χ1n) is 6.15. The molecule has 0 aliphatic rings. The summed E-state index contributed by atoms with van der Waals surface area (Å²) in [5.74, 6) is -0.626. The Morgan fingerprint density at radius 2 is 1.77 bits per heavy atom. The third kappa shape index (κ3) is 2.98. The summed E-state index contributed by atoms with van der Waals surface area (Å²) in [7, 11) is -2.70. The van der Waals surface area contributed by atoms with Crippen LogP contribution in [0, 0.1) is 0 Å². The molecule has 0 bridgehead atoms. The summed E-state index contributed by atoms with van der Waals surface area (Å²) in [5.41, 5.74) is 5.95. The third-order valence-electron chi connectivity index (χ3n) is 2.75. The highest BCUT2D eigenvalue weighted by Gasteiger charge is 2.30. The minimum Gasteiger partial charge on any atom is -0.480 e. The molecule has 0 saturated carbocycles. The van der Waals surface area contributed by atoms with E-state index in [1.807, 2.05) is 0 Å². The first-order valence-corrected chi connectivity index (χ1v) is 7.59. The van der Waals surface area contributed by atoms with Crippen molar-refractivity contribution in [3.63, 3.8) is 0 Å². The molecule has 0 aliphatic carbocycles. The fraction of sp³-hybridized carbons (Fsp3) is 0.154. The highest BCUT2D eigenvalue weighted by molar-refractivity contribution is 7.93. The highest BCUT2D eigenvalue weighted by atomic mass is 32.2. The van der Waals surface area contributed by atoms with E-state index in [4.69, 9.17) is 10.5 Å². The Morgan fingerprint density at radius 3 is 2.23 bits per heavy atom. The standard InChI is InChI=1S/C13H14N4O4S/c1-9(18)17(12-7-8-13(21-2)16-15-12)22(19,20)11-5-3-10(14)4-6-11/h3-8H,14H2,1-2H3. The number of methoxy groups -OCH3 is 1. The van der Waals surface area contributed by atoms with Gasteiger partial charge in [0.25, 0.3) is 10.0 Å². The van der Waals surface area contributed by atoms with Crippen LogP contribution in [0.1, 0.15) is 6.92 Å². The van der Waals surface area contributed by atoms with Crippen LogP contribution >= 0.6 is 0 Å². The number of carbonyl (C=O) groups is 1. The van der Waals surface area contributed by atoms with Gasteiger partial charge < -0.3 is 10.5 Å². The third-order valence-corrected chi connectivity index (χ3v) is 4.54. The molecule has 116 valence electrons. The van der Waals surface area contributed by atoms with Gasteiger partial charge in [-0.3, -0.25) is 4.79 Å². The van der Waals surface area contributed by atoms with E-state index in [2.05, 4.69) is 10.2 Å². The van der Waals surface area contributed by atoms with Gasteiger partial charge in [-0.15, -0.1) is 10.2 Å². The lowest BCUT2D eigenvalue weighted by Gasteiger charge is -2.19. The van der Waals surface area contributed by atoms with Crippen molar-refractivity contribution >= 4 is 27.4 Å². The first-order chi connectivity index (χ1) is 10.4. The molecule has 0 atom stereocenters. The molecule has 9 heteroatoms. The average Bonchev–Trinajstić information content (AvgIpc) is 2.48. The van der Waals surface area contributed by atoms with Crippen LogP contribution in [0.5, 0.6) is 5.88 Å². The van der Waals surface area contributed by atoms with Gasteiger partial charge in [0.1, 0.15) is 0 Å². The van der Waals surface area contributed by atoms with Crippen LogP contribution in [-0.4, -0.2) is 31.6 Å². The molecule has 1 amide bonds. The molecule has 0 radical (unpaired) electrons. The number of nitrogens with zero attached hydrogens (tertiary/aromatic N) is 3. The molecule has 8 nitrogen and oxygen atoms in total. The number of ether oxygens (including phenoxy) is 1. The van der Waals surface area contributed by atoms with Crippen molar-refractivity contribution in [1.82, 2.24) is 10.2 Å². The number of aromatic nitrogens is 2. The van der Waals surface area contributed by atoms with E-state index in [-0.39, 0.29) is 16.6 Å². The van der Waals surface area contributed by atoms with Crippen LogP contribution in [0.25, 0.3) is 0 Å². The number of carbonyl (C=O) groups excluding carboxylic acids is 1. The maximum atomic E-state index is 12.6. The average molecular weight is 322 g/mol. The summed E-state index contributed by atoms with van der Waals surface area (Å²) in [6.45, 7) is 1.13. The first kappa shape index (κ1) is 15.7. The van der Waals surface area contributed by atoms with Crippen molar-refractivity contribution in [2.24, 2.45) is 0 Å².